The van der Waals surface area contributed by atoms with Crippen molar-refractivity contribution in [3.8, 4) is 0 Å². The van der Waals surface area contributed by atoms with E-state index in [1.165, 1.54) is 0 Å². The Morgan fingerprint density at radius 3 is 2.25 bits per heavy atom. The second-order valence-corrected chi connectivity index (χ2v) is 5.56. The minimum absolute atomic E-state index is 0.198. The highest BCUT2D eigenvalue weighted by atomic mass is 16.6. The van der Waals surface area contributed by atoms with Crippen LogP contribution in [-0.2, 0) is 11.3 Å². The van der Waals surface area contributed by atoms with Gasteiger partial charge < -0.3 is 9.64 Å². The average Bonchev–Trinajstić information content (AvgIpc) is 2.45. The summed E-state index contributed by atoms with van der Waals surface area (Å²) < 4.78 is 5.46. The fourth-order valence-electron chi connectivity index (χ4n) is 2.30. The van der Waals surface area contributed by atoms with Gasteiger partial charge in [0.2, 0.25) is 0 Å². The average molecular weight is 277 g/mol. The first-order valence-electron chi connectivity index (χ1n) is 7.55. The molecule has 1 rings (SSSR count). The van der Waals surface area contributed by atoms with Crippen LogP contribution in [0.1, 0.15) is 46.1 Å². The molecule has 1 aromatic rings. The molecule has 0 atom stereocenters. The van der Waals surface area contributed by atoms with Crippen molar-refractivity contribution in [1.82, 2.24) is 4.90 Å². The molecule has 0 bridgehead atoms. The van der Waals surface area contributed by atoms with Crippen LogP contribution in [-0.4, -0.2) is 23.6 Å². The fraction of sp³-hybridized carbons (Fsp3) is 0.588. The van der Waals surface area contributed by atoms with Gasteiger partial charge in [0.1, 0.15) is 6.61 Å². The maximum atomic E-state index is 12.3. The summed E-state index contributed by atoms with van der Waals surface area (Å²) in [5, 5.41) is 0. The quantitative estimate of drug-likeness (QED) is 0.736. The second-order valence-electron chi connectivity index (χ2n) is 5.56. The van der Waals surface area contributed by atoms with Crippen molar-refractivity contribution in [3.05, 3.63) is 35.9 Å². The lowest BCUT2D eigenvalue weighted by Crippen LogP contribution is -2.42. The number of carbonyl (C=O) groups is 1. The zero-order chi connectivity index (χ0) is 15.0. The molecular formula is C17H27NO2. The molecule has 0 aliphatic rings. The monoisotopic (exact) mass is 277 g/mol. The van der Waals surface area contributed by atoms with Crippen LogP contribution in [0.5, 0.6) is 0 Å². The van der Waals surface area contributed by atoms with Crippen molar-refractivity contribution < 1.29 is 9.53 Å². The Balaban J connectivity index is 2.63. The number of amides is 1. The molecule has 0 aliphatic carbocycles. The second kappa shape index (κ2) is 8.62. The van der Waals surface area contributed by atoms with E-state index in [4.69, 9.17) is 4.74 Å². The van der Waals surface area contributed by atoms with Crippen molar-refractivity contribution in [2.24, 2.45) is 5.92 Å². The van der Waals surface area contributed by atoms with Crippen molar-refractivity contribution in [2.75, 3.05) is 6.54 Å². The van der Waals surface area contributed by atoms with E-state index in [2.05, 4.69) is 27.7 Å². The van der Waals surface area contributed by atoms with Crippen LogP contribution >= 0.6 is 0 Å². The standard InChI is InChI=1S/C17H27NO2/c1-5-16(6-2)18(12-14(3)4)17(19)20-13-15-10-8-7-9-11-15/h7-11,14,16H,5-6,12-13H2,1-4H3. The topological polar surface area (TPSA) is 29.5 Å². The molecular weight excluding hydrogens is 250 g/mol. The van der Waals surface area contributed by atoms with Gasteiger partial charge in [0.25, 0.3) is 0 Å². The van der Waals surface area contributed by atoms with E-state index in [9.17, 15) is 4.79 Å². The Morgan fingerprint density at radius 1 is 1.15 bits per heavy atom. The molecule has 0 spiro atoms. The molecule has 0 saturated carbocycles. The number of hydrogen-bond donors (Lipinski definition) is 0. The Morgan fingerprint density at radius 2 is 1.75 bits per heavy atom. The summed E-state index contributed by atoms with van der Waals surface area (Å²) in [6.07, 6.45) is 1.73. The zero-order valence-corrected chi connectivity index (χ0v) is 13.1. The summed E-state index contributed by atoms with van der Waals surface area (Å²) in [7, 11) is 0. The first-order chi connectivity index (χ1) is 9.58. The summed E-state index contributed by atoms with van der Waals surface area (Å²) in [4.78, 5) is 14.2. The summed E-state index contributed by atoms with van der Waals surface area (Å²) in [5.41, 5.74) is 1.02. The van der Waals surface area contributed by atoms with Crippen LogP contribution in [0.3, 0.4) is 0 Å². The largest absolute Gasteiger partial charge is 0.445 e. The number of hydrogen-bond acceptors (Lipinski definition) is 2. The highest BCUT2D eigenvalue weighted by Gasteiger charge is 2.23. The Bertz CT molecular complexity index is 385. The Kier molecular flexibility index (Phi) is 7.13. The third kappa shape index (κ3) is 5.24. The molecule has 3 heteroatoms. The summed E-state index contributed by atoms with van der Waals surface area (Å²) in [6.45, 7) is 9.58. The molecule has 0 radical (unpaired) electrons. The highest BCUT2D eigenvalue weighted by Crippen LogP contribution is 2.14. The van der Waals surface area contributed by atoms with Crippen LogP contribution < -0.4 is 0 Å². The number of ether oxygens (including phenoxy) is 1. The van der Waals surface area contributed by atoms with Gasteiger partial charge in [-0.15, -0.1) is 0 Å². The van der Waals surface area contributed by atoms with Crippen LogP contribution in [0.2, 0.25) is 0 Å². The maximum Gasteiger partial charge on any atom is 0.410 e. The molecule has 112 valence electrons. The molecule has 3 nitrogen and oxygen atoms in total. The van der Waals surface area contributed by atoms with Gasteiger partial charge in [0, 0.05) is 12.6 Å². The minimum atomic E-state index is -0.198. The van der Waals surface area contributed by atoms with E-state index >= 15 is 0 Å². The summed E-state index contributed by atoms with van der Waals surface area (Å²) in [6, 6.07) is 10.1. The smallest absolute Gasteiger partial charge is 0.410 e. The first-order valence-corrected chi connectivity index (χ1v) is 7.55. The zero-order valence-electron chi connectivity index (χ0n) is 13.1. The van der Waals surface area contributed by atoms with Crippen LogP contribution in [0, 0.1) is 5.92 Å². The Labute approximate surface area is 122 Å². The van der Waals surface area contributed by atoms with Gasteiger partial charge in [0.15, 0.2) is 0 Å². The van der Waals surface area contributed by atoms with Gasteiger partial charge in [-0.05, 0) is 24.3 Å². The van der Waals surface area contributed by atoms with Crippen LogP contribution in [0.4, 0.5) is 4.79 Å². The van der Waals surface area contributed by atoms with E-state index in [1.807, 2.05) is 35.2 Å². The molecule has 0 fully saturated rings. The summed E-state index contributed by atoms with van der Waals surface area (Å²) >= 11 is 0. The van der Waals surface area contributed by atoms with Crippen molar-refractivity contribution in [1.29, 1.82) is 0 Å². The minimum Gasteiger partial charge on any atom is -0.445 e. The lowest BCUT2D eigenvalue weighted by molar-refractivity contribution is 0.0731. The van der Waals surface area contributed by atoms with E-state index < -0.39 is 0 Å². The van der Waals surface area contributed by atoms with Gasteiger partial charge >= 0.3 is 6.09 Å². The third-order valence-corrected chi connectivity index (χ3v) is 3.38. The van der Waals surface area contributed by atoms with Gasteiger partial charge in [-0.3, -0.25) is 0 Å². The van der Waals surface area contributed by atoms with Gasteiger partial charge in [-0.25, -0.2) is 4.79 Å². The number of rotatable bonds is 7. The Hall–Kier alpha value is -1.51. The normalized spacial score (nSPS) is 10.9. The lowest BCUT2D eigenvalue weighted by Gasteiger charge is -2.31. The van der Waals surface area contributed by atoms with Gasteiger partial charge in [0.05, 0.1) is 0 Å². The van der Waals surface area contributed by atoms with Crippen molar-refractivity contribution >= 4 is 6.09 Å². The SMILES string of the molecule is CCC(CC)N(CC(C)C)C(=O)OCc1ccccc1. The predicted octanol–water partition coefficient (Wildman–Crippen LogP) is 4.47. The molecule has 0 aliphatic heterocycles. The van der Waals surface area contributed by atoms with Crippen LogP contribution in [0.25, 0.3) is 0 Å². The number of carbonyl (C=O) groups excluding carboxylic acids is 1. The fourth-order valence-corrected chi connectivity index (χ4v) is 2.30. The molecule has 20 heavy (non-hydrogen) atoms. The maximum absolute atomic E-state index is 12.3. The van der Waals surface area contributed by atoms with Crippen LogP contribution in [0.15, 0.2) is 30.3 Å². The molecule has 1 aromatic carbocycles. The molecule has 0 aromatic heterocycles. The van der Waals surface area contributed by atoms with E-state index in [0.29, 0.717) is 12.5 Å². The number of nitrogens with zero attached hydrogens (tertiary/aromatic N) is 1. The number of benzene rings is 1. The predicted molar refractivity (Wildman–Crippen MR) is 82.5 cm³/mol. The first kappa shape index (κ1) is 16.5. The van der Waals surface area contributed by atoms with Crippen molar-refractivity contribution in [3.63, 3.8) is 0 Å². The highest BCUT2D eigenvalue weighted by molar-refractivity contribution is 5.68. The molecule has 0 N–H and O–H groups in total. The molecule has 0 saturated heterocycles. The molecule has 0 heterocycles. The molecule has 0 unspecified atom stereocenters. The van der Waals surface area contributed by atoms with Crippen molar-refractivity contribution in [2.45, 2.75) is 53.2 Å². The van der Waals surface area contributed by atoms with Gasteiger partial charge in [-0.1, -0.05) is 58.0 Å². The van der Waals surface area contributed by atoms with E-state index in [1.54, 1.807) is 0 Å². The summed E-state index contributed by atoms with van der Waals surface area (Å²) in [5.74, 6) is 0.444. The lowest BCUT2D eigenvalue weighted by atomic mass is 10.1. The third-order valence-electron chi connectivity index (χ3n) is 3.38. The van der Waals surface area contributed by atoms with E-state index in [-0.39, 0.29) is 12.1 Å². The van der Waals surface area contributed by atoms with Gasteiger partial charge in [-0.2, -0.15) is 0 Å². The molecule has 1 amide bonds. The van der Waals surface area contributed by atoms with E-state index in [0.717, 1.165) is 24.9 Å².